The molecule has 0 fully saturated rings. The molecule has 3 rings (SSSR count). The van der Waals surface area contributed by atoms with Crippen LogP contribution < -0.4 is 4.74 Å². The van der Waals surface area contributed by atoms with Gasteiger partial charge in [0, 0.05) is 12.3 Å². The van der Waals surface area contributed by atoms with Gasteiger partial charge in [-0.15, -0.1) is 0 Å². The number of nitrogens with zero attached hydrogens (tertiary/aromatic N) is 2. The van der Waals surface area contributed by atoms with Gasteiger partial charge in [-0.1, -0.05) is 26.0 Å². The highest BCUT2D eigenvalue weighted by molar-refractivity contribution is 5.69. The molecule has 0 atom stereocenters. The molecule has 142 valence electrons. The summed E-state index contributed by atoms with van der Waals surface area (Å²) >= 11 is 0. The molecule has 0 aliphatic heterocycles. The highest BCUT2D eigenvalue weighted by Crippen LogP contribution is 2.33. The fourth-order valence-electron chi connectivity index (χ4n) is 3.52. The quantitative estimate of drug-likeness (QED) is 0.491. The first-order chi connectivity index (χ1) is 13.0. The van der Waals surface area contributed by atoms with E-state index < -0.39 is 0 Å². The largest absolute Gasteiger partial charge is 0.494 e. The third-order valence-corrected chi connectivity index (χ3v) is 4.94. The lowest BCUT2D eigenvalue weighted by Gasteiger charge is -2.19. The molecule has 0 aliphatic carbocycles. The SMILES string of the molecule is CCOc1cc(F)cc(-c2ccc(C(CC)CC)c(-n3ccc(C)n3)c2)c1. The molecule has 0 spiro atoms. The van der Waals surface area contributed by atoms with Crippen LogP contribution in [-0.2, 0) is 0 Å². The van der Waals surface area contributed by atoms with Crippen LogP contribution in [0, 0.1) is 12.7 Å². The third-order valence-electron chi connectivity index (χ3n) is 4.94. The summed E-state index contributed by atoms with van der Waals surface area (Å²) in [6, 6.07) is 13.2. The number of aryl methyl sites for hydroxylation is 1. The van der Waals surface area contributed by atoms with Gasteiger partial charge in [-0.25, -0.2) is 9.07 Å². The Morgan fingerprint density at radius 1 is 1.00 bits per heavy atom. The Morgan fingerprint density at radius 3 is 2.41 bits per heavy atom. The normalized spacial score (nSPS) is 11.2. The Balaban J connectivity index is 2.13. The zero-order valence-electron chi connectivity index (χ0n) is 16.5. The fraction of sp³-hybridized carbons (Fsp3) is 0.348. The van der Waals surface area contributed by atoms with Gasteiger partial charge in [-0.3, -0.25) is 0 Å². The van der Waals surface area contributed by atoms with Crippen molar-refractivity contribution >= 4 is 0 Å². The maximum atomic E-state index is 14.1. The molecule has 2 aromatic carbocycles. The van der Waals surface area contributed by atoms with E-state index in [0.29, 0.717) is 18.3 Å². The van der Waals surface area contributed by atoms with Crippen LogP contribution in [0.2, 0.25) is 0 Å². The van der Waals surface area contributed by atoms with E-state index in [1.807, 2.05) is 36.9 Å². The van der Waals surface area contributed by atoms with Crippen molar-refractivity contribution in [3.05, 3.63) is 65.7 Å². The Kier molecular flexibility index (Phi) is 5.94. The van der Waals surface area contributed by atoms with Crippen molar-refractivity contribution in [3.63, 3.8) is 0 Å². The first-order valence-corrected chi connectivity index (χ1v) is 9.66. The number of benzene rings is 2. The predicted molar refractivity (Wildman–Crippen MR) is 108 cm³/mol. The molecular formula is C23H27FN2O. The minimum Gasteiger partial charge on any atom is -0.494 e. The van der Waals surface area contributed by atoms with Gasteiger partial charge in [0.1, 0.15) is 11.6 Å². The molecule has 0 amide bonds. The van der Waals surface area contributed by atoms with Gasteiger partial charge in [-0.2, -0.15) is 5.10 Å². The van der Waals surface area contributed by atoms with Gasteiger partial charge in [0.2, 0.25) is 0 Å². The van der Waals surface area contributed by atoms with Gasteiger partial charge in [0.15, 0.2) is 0 Å². The summed E-state index contributed by atoms with van der Waals surface area (Å²) in [6.45, 7) is 8.81. The molecule has 0 N–H and O–H groups in total. The highest BCUT2D eigenvalue weighted by atomic mass is 19.1. The molecular weight excluding hydrogens is 339 g/mol. The average Bonchev–Trinajstić information content (AvgIpc) is 3.09. The molecule has 4 heteroatoms. The average molecular weight is 366 g/mol. The van der Waals surface area contributed by atoms with Gasteiger partial charge in [-0.05, 0) is 73.6 Å². The lowest BCUT2D eigenvalue weighted by molar-refractivity contribution is 0.338. The second-order valence-electron chi connectivity index (χ2n) is 6.80. The summed E-state index contributed by atoms with van der Waals surface area (Å²) in [4.78, 5) is 0. The summed E-state index contributed by atoms with van der Waals surface area (Å²) in [6.07, 6.45) is 4.12. The fourth-order valence-corrected chi connectivity index (χ4v) is 3.52. The van der Waals surface area contributed by atoms with Crippen LogP contribution in [0.4, 0.5) is 4.39 Å². The van der Waals surface area contributed by atoms with Crippen LogP contribution in [-0.4, -0.2) is 16.4 Å². The first-order valence-electron chi connectivity index (χ1n) is 9.66. The van der Waals surface area contributed by atoms with Gasteiger partial charge in [0.25, 0.3) is 0 Å². The predicted octanol–water partition coefficient (Wildman–Crippen LogP) is 6.29. The van der Waals surface area contributed by atoms with Crippen molar-refractivity contribution < 1.29 is 9.13 Å². The number of hydrogen-bond acceptors (Lipinski definition) is 2. The number of rotatable bonds is 7. The Bertz CT molecular complexity index is 912. The summed E-state index contributed by atoms with van der Waals surface area (Å²) in [5.41, 5.74) is 5.05. The van der Waals surface area contributed by atoms with Gasteiger partial charge in [0.05, 0.1) is 18.0 Å². The molecule has 3 aromatic rings. The lowest BCUT2D eigenvalue weighted by atomic mass is 9.90. The molecule has 0 unspecified atom stereocenters. The Labute approximate surface area is 160 Å². The Hall–Kier alpha value is -2.62. The van der Waals surface area contributed by atoms with Crippen LogP contribution in [0.1, 0.15) is 50.8 Å². The van der Waals surface area contributed by atoms with Crippen LogP contribution in [0.25, 0.3) is 16.8 Å². The monoisotopic (exact) mass is 366 g/mol. The topological polar surface area (TPSA) is 27.1 Å². The second kappa shape index (κ2) is 8.38. The molecule has 0 aliphatic rings. The smallest absolute Gasteiger partial charge is 0.127 e. The summed E-state index contributed by atoms with van der Waals surface area (Å²) < 4.78 is 21.5. The molecule has 0 bridgehead atoms. The van der Waals surface area contributed by atoms with Gasteiger partial charge >= 0.3 is 0 Å². The van der Waals surface area contributed by atoms with Crippen molar-refractivity contribution in [2.24, 2.45) is 0 Å². The summed E-state index contributed by atoms with van der Waals surface area (Å²) in [5.74, 6) is 0.717. The van der Waals surface area contributed by atoms with Crippen molar-refractivity contribution in [1.29, 1.82) is 0 Å². The van der Waals surface area contributed by atoms with E-state index in [9.17, 15) is 4.39 Å². The maximum absolute atomic E-state index is 14.1. The van der Waals surface area contributed by atoms with Gasteiger partial charge < -0.3 is 4.74 Å². The van der Waals surface area contributed by atoms with E-state index in [-0.39, 0.29) is 5.82 Å². The second-order valence-corrected chi connectivity index (χ2v) is 6.80. The maximum Gasteiger partial charge on any atom is 0.127 e. The molecule has 27 heavy (non-hydrogen) atoms. The molecule has 3 nitrogen and oxygen atoms in total. The zero-order valence-corrected chi connectivity index (χ0v) is 16.5. The third kappa shape index (κ3) is 4.21. The number of aromatic nitrogens is 2. The van der Waals surface area contributed by atoms with Crippen molar-refractivity contribution in [2.45, 2.75) is 46.5 Å². The minimum atomic E-state index is -0.295. The van der Waals surface area contributed by atoms with E-state index in [1.54, 1.807) is 6.07 Å². The van der Waals surface area contributed by atoms with Crippen molar-refractivity contribution in [1.82, 2.24) is 9.78 Å². The van der Waals surface area contributed by atoms with Crippen LogP contribution in [0.5, 0.6) is 5.75 Å². The van der Waals surface area contributed by atoms with Crippen molar-refractivity contribution in [3.8, 4) is 22.6 Å². The van der Waals surface area contributed by atoms with Crippen molar-refractivity contribution in [2.75, 3.05) is 6.61 Å². The Morgan fingerprint density at radius 2 is 1.78 bits per heavy atom. The van der Waals surface area contributed by atoms with E-state index in [1.165, 1.54) is 11.6 Å². The van der Waals surface area contributed by atoms with Crippen LogP contribution in [0.3, 0.4) is 0 Å². The van der Waals surface area contributed by atoms with E-state index >= 15 is 0 Å². The van der Waals surface area contributed by atoms with E-state index in [0.717, 1.165) is 35.3 Å². The summed E-state index contributed by atoms with van der Waals surface area (Å²) in [7, 11) is 0. The first kappa shape index (κ1) is 19.2. The molecule has 0 radical (unpaired) electrons. The lowest BCUT2D eigenvalue weighted by Crippen LogP contribution is -2.05. The molecule has 1 heterocycles. The molecule has 0 saturated heterocycles. The highest BCUT2D eigenvalue weighted by Gasteiger charge is 2.16. The molecule has 0 saturated carbocycles. The zero-order chi connectivity index (χ0) is 19.4. The van der Waals surface area contributed by atoms with Crippen LogP contribution in [0.15, 0.2) is 48.7 Å². The standard InChI is InChI=1S/C23H27FN2O/c1-5-17(6-2)22-9-8-18(14-23(22)26-11-10-16(4)25-26)19-12-20(24)15-21(13-19)27-7-3/h8-15,17H,5-7H2,1-4H3. The number of ether oxygens (including phenoxy) is 1. The van der Waals surface area contributed by atoms with Crippen LogP contribution >= 0.6 is 0 Å². The summed E-state index contributed by atoms with van der Waals surface area (Å²) in [5, 5.41) is 4.61. The van der Waals surface area contributed by atoms with E-state index in [4.69, 9.17) is 4.74 Å². The number of halogens is 1. The number of hydrogen-bond donors (Lipinski definition) is 0. The van der Waals surface area contributed by atoms with E-state index in [2.05, 4.69) is 37.1 Å². The molecule has 1 aromatic heterocycles. The minimum absolute atomic E-state index is 0.295.